The predicted octanol–water partition coefficient (Wildman–Crippen LogP) is 5.17. The number of carbonyl (C=O) groups excluding carboxylic acids is 3. The lowest BCUT2D eigenvalue weighted by Gasteiger charge is -2.40. The Balaban J connectivity index is 1.63. The summed E-state index contributed by atoms with van der Waals surface area (Å²) in [5.74, 6) is -2.45. The summed E-state index contributed by atoms with van der Waals surface area (Å²) in [4.78, 5) is 48.7. The third-order valence-electron chi connectivity index (χ3n) is 9.29. The zero-order valence-corrected chi connectivity index (χ0v) is 26.5. The summed E-state index contributed by atoms with van der Waals surface area (Å²) in [5.41, 5.74) is 0.807. The summed E-state index contributed by atoms with van der Waals surface area (Å²) in [6.07, 6.45) is 4.23. The monoisotopic (exact) mass is 619 g/mol. The number of aliphatic hydroxyl groups is 1. The van der Waals surface area contributed by atoms with E-state index in [1.807, 2.05) is 63.2 Å². The van der Waals surface area contributed by atoms with Crippen molar-refractivity contribution >= 4 is 40.7 Å². The van der Waals surface area contributed by atoms with Crippen molar-refractivity contribution in [2.45, 2.75) is 63.8 Å². The van der Waals surface area contributed by atoms with Crippen molar-refractivity contribution in [3.8, 4) is 0 Å². The van der Waals surface area contributed by atoms with Gasteiger partial charge >= 0.3 is 0 Å². The summed E-state index contributed by atoms with van der Waals surface area (Å²) in [5, 5.41) is 11.0. The Kier molecular flexibility index (Phi) is 9.35. The number of hydrogen-bond acceptors (Lipinski definition) is 5. The van der Waals surface area contributed by atoms with Crippen molar-refractivity contribution in [2.75, 3.05) is 29.5 Å². The molecule has 1 spiro atoms. The minimum atomic E-state index is -1.23. The Bertz CT molecular complexity index is 1410. The quantitative estimate of drug-likeness (QED) is 0.331. The molecule has 3 saturated heterocycles. The number of aryl methyl sites for hydroxylation is 1. The number of fused-ring (bicyclic) bond motifs is 1. The number of amides is 3. The van der Waals surface area contributed by atoms with Crippen LogP contribution in [-0.4, -0.2) is 71.2 Å². The van der Waals surface area contributed by atoms with E-state index in [1.165, 1.54) is 4.90 Å². The van der Waals surface area contributed by atoms with Gasteiger partial charge in [0, 0.05) is 18.8 Å². The van der Waals surface area contributed by atoms with Crippen LogP contribution in [0.15, 0.2) is 73.8 Å². The first kappa shape index (κ1) is 31.9. The summed E-state index contributed by atoms with van der Waals surface area (Å²) in [6.45, 7) is 13.7. The molecule has 0 radical (unpaired) electrons. The fraction of sp³-hybridized carbons (Fsp3) is 0.457. The van der Waals surface area contributed by atoms with Crippen molar-refractivity contribution < 1.29 is 24.2 Å². The summed E-state index contributed by atoms with van der Waals surface area (Å²) < 4.78 is 6.72. The Morgan fingerprint density at radius 1 is 1.09 bits per heavy atom. The third kappa shape index (κ3) is 5.27. The van der Waals surface area contributed by atoms with Gasteiger partial charge in [-0.15, -0.1) is 13.2 Å². The van der Waals surface area contributed by atoms with E-state index in [0.717, 1.165) is 5.56 Å². The van der Waals surface area contributed by atoms with Gasteiger partial charge in [-0.05, 0) is 55.9 Å². The maximum atomic E-state index is 14.9. The number of anilines is 2. The Morgan fingerprint density at radius 3 is 2.39 bits per heavy atom. The third-order valence-corrected chi connectivity index (χ3v) is 9.59. The minimum absolute atomic E-state index is 0.138. The van der Waals surface area contributed by atoms with E-state index in [1.54, 1.807) is 28.0 Å². The maximum absolute atomic E-state index is 14.9. The zero-order valence-electron chi connectivity index (χ0n) is 25.7. The molecule has 6 atom stereocenters. The molecule has 0 aliphatic carbocycles. The number of benzene rings is 2. The summed E-state index contributed by atoms with van der Waals surface area (Å²) >= 11 is 6.67. The molecule has 5 rings (SSSR count). The molecule has 234 valence electrons. The molecular weight excluding hydrogens is 578 g/mol. The van der Waals surface area contributed by atoms with Gasteiger partial charge in [-0.1, -0.05) is 67.9 Å². The van der Waals surface area contributed by atoms with Gasteiger partial charge in [0.1, 0.15) is 11.6 Å². The highest BCUT2D eigenvalue weighted by Gasteiger charge is 2.75. The average molecular weight is 620 g/mol. The van der Waals surface area contributed by atoms with Crippen LogP contribution >= 0.6 is 11.6 Å². The van der Waals surface area contributed by atoms with Gasteiger partial charge in [0.2, 0.25) is 11.8 Å². The van der Waals surface area contributed by atoms with Gasteiger partial charge in [0.25, 0.3) is 5.91 Å². The van der Waals surface area contributed by atoms with Crippen LogP contribution < -0.4 is 9.80 Å². The van der Waals surface area contributed by atoms with Crippen LogP contribution in [0.3, 0.4) is 0 Å². The number of carbonyl (C=O) groups is 3. The molecule has 2 bridgehead atoms. The lowest BCUT2D eigenvalue weighted by atomic mass is 9.70. The second-order valence-electron chi connectivity index (χ2n) is 12.5. The fourth-order valence-corrected chi connectivity index (χ4v) is 7.96. The summed E-state index contributed by atoms with van der Waals surface area (Å²) in [7, 11) is 0. The molecule has 9 heteroatoms. The lowest BCUT2D eigenvalue weighted by molar-refractivity contribution is -0.144. The topological polar surface area (TPSA) is 90.4 Å². The molecule has 3 aliphatic heterocycles. The first-order valence-electron chi connectivity index (χ1n) is 15.4. The SMILES string of the molecule is C=CCN(C(=O)[C@@H]1[C@@H]2CCC3(O2)C(C(=O)N(CC=C)c2c(C)cccc2Cl)N([C@@H](CO)CC(C)C)C(=O)[C@H]13)c1ccccc1. The van der Waals surface area contributed by atoms with Gasteiger partial charge < -0.3 is 24.5 Å². The Labute approximate surface area is 264 Å². The van der Waals surface area contributed by atoms with Crippen LogP contribution in [0.4, 0.5) is 11.4 Å². The van der Waals surface area contributed by atoms with E-state index in [-0.39, 0.29) is 43.3 Å². The maximum Gasteiger partial charge on any atom is 0.253 e. The fourth-order valence-electron chi connectivity index (χ4n) is 7.64. The normalized spacial score (nSPS) is 26.0. The molecule has 8 nitrogen and oxygen atoms in total. The van der Waals surface area contributed by atoms with Gasteiger partial charge in [0.15, 0.2) is 0 Å². The van der Waals surface area contributed by atoms with Gasteiger partial charge in [-0.2, -0.15) is 0 Å². The van der Waals surface area contributed by atoms with Crippen molar-refractivity contribution in [3.63, 3.8) is 0 Å². The Hall–Kier alpha value is -3.46. The molecule has 3 fully saturated rings. The molecule has 3 heterocycles. The van der Waals surface area contributed by atoms with E-state index in [4.69, 9.17) is 16.3 Å². The summed E-state index contributed by atoms with van der Waals surface area (Å²) in [6, 6.07) is 13.0. The molecule has 44 heavy (non-hydrogen) atoms. The van der Waals surface area contributed by atoms with E-state index >= 15 is 0 Å². The molecule has 2 unspecified atom stereocenters. The number of rotatable bonds is 12. The van der Waals surface area contributed by atoms with Crippen LogP contribution in [0.5, 0.6) is 0 Å². The highest BCUT2D eigenvalue weighted by atomic mass is 35.5. The molecule has 0 aromatic heterocycles. The van der Waals surface area contributed by atoms with Crippen molar-refractivity contribution in [1.29, 1.82) is 0 Å². The molecule has 3 aliphatic rings. The zero-order chi connectivity index (χ0) is 31.8. The number of para-hydroxylation sites is 2. The number of ether oxygens (including phenoxy) is 1. The molecule has 2 aromatic carbocycles. The molecule has 1 N–H and O–H groups in total. The highest BCUT2D eigenvalue weighted by molar-refractivity contribution is 6.34. The standard InChI is InChI=1S/C35H42ClN3O5/c1-6-18-37(24-13-9-8-10-14-24)32(41)28-27-16-17-35(44-27)29(28)33(42)39(25(21-40)20-22(3)4)31(35)34(43)38(19-7-2)30-23(5)12-11-15-26(30)36/h6-15,22,25,27-29,31,40H,1-2,16-21H2,3-5H3/t25-,27+,28-,29+,31?,35?/m1/s1. The lowest BCUT2D eigenvalue weighted by Crippen LogP contribution is -2.59. The van der Waals surface area contributed by atoms with Crippen molar-refractivity contribution in [3.05, 3.63) is 84.4 Å². The van der Waals surface area contributed by atoms with Gasteiger partial charge in [-0.25, -0.2) is 0 Å². The number of likely N-dealkylation sites (tertiary alicyclic amines) is 1. The number of nitrogens with zero attached hydrogens (tertiary/aromatic N) is 3. The van der Waals surface area contributed by atoms with Crippen LogP contribution in [0.2, 0.25) is 5.02 Å². The van der Waals surface area contributed by atoms with E-state index in [0.29, 0.717) is 35.7 Å². The smallest absolute Gasteiger partial charge is 0.253 e. The largest absolute Gasteiger partial charge is 0.394 e. The number of aliphatic hydroxyl groups excluding tert-OH is 1. The number of halogens is 1. The van der Waals surface area contributed by atoms with E-state index < -0.39 is 35.6 Å². The Morgan fingerprint density at radius 2 is 1.77 bits per heavy atom. The molecule has 0 saturated carbocycles. The molecule has 3 amide bonds. The van der Waals surface area contributed by atoms with Crippen LogP contribution in [0, 0.1) is 24.7 Å². The van der Waals surface area contributed by atoms with Crippen LogP contribution in [-0.2, 0) is 19.1 Å². The first-order chi connectivity index (χ1) is 21.1. The van der Waals surface area contributed by atoms with Crippen molar-refractivity contribution in [1.82, 2.24) is 4.90 Å². The molecule has 2 aromatic rings. The van der Waals surface area contributed by atoms with Gasteiger partial charge in [0.05, 0.1) is 41.3 Å². The average Bonchev–Trinajstić information content (AvgIpc) is 3.65. The molecular formula is C35H42ClN3O5. The van der Waals surface area contributed by atoms with E-state index in [9.17, 15) is 19.5 Å². The second-order valence-corrected chi connectivity index (χ2v) is 12.9. The van der Waals surface area contributed by atoms with E-state index in [2.05, 4.69) is 13.2 Å². The predicted molar refractivity (Wildman–Crippen MR) is 173 cm³/mol. The van der Waals surface area contributed by atoms with Crippen LogP contribution in [0.25, 0.3) is 0 Å². The second kappa shape index (κ2) is 12.9. The van der Waals surface area contributed by atoms with Crippen molar-refractivity contribution in [2.24, 2.45) is 17.8 Å². The van der Waals surface area contributed by atoms with Crippen LogP contribution in [0.1, 0.15) is 38.7 Å². The minimum Gasteiger partial charge on any atom is -0.394 e. The number of hydrogen-bond donors (Lipinski definition) is 1. The highest BCUT2D eigenvalue weighted by Crippen LogP contribution is 2.59. The van der Waals surface area contributed by atoms with Gasteiger partial charge in [-0.3, -0.25) is 14.4 Å². The first-order valence-corrected chi connectivity index (χ1v) is 15.7.